The van der Waals surface area contributed by atoms with Crippen LogP contribution in [-0.2, 0) is 16.2 Å². The van der Waals surface area contributed by atoms with Crippen molar-refractivity contribution in [3.63, 3.8) is 0 Å². The van der Waals surface area contributed by atoms with Gasteiger partial charge in [-0.05, 0) is 36.4 Å². The fraction of sp³-hybridized carbons (Fsp3) is 0.0909. The molecule has 36 heavy (non-hydrogen) atoms. The molecule has 3 heterocycles. The van der Waals surface area contributed by atoms with Crippen LogP contribution < -0.4 is 15.4 Å². The van der Waals surface area contributed by atoms with Crippen LogP contribution >= 0.6 is 0 Å². The minimum absolute atomic E-state index is 0.0810. The minimum Gasteiger partial charge on any atom is -0.383 e. The van der Waals surface area contributed by atoms with Gasteiger partial charge in [-0.1, -0.05) is 12.1 Å². The van der Waals surface area contributed by atoms with Crippen molar-refractivity contribution in [2.45, 2.75) is 11.1 Å². The number of halogens is 3. The molecule has 0 aliphatic rings. The van der Waals surface area contributed by atoms with E-state index >= 15 is 0 Å². The highest BCUT2D eigenvalue weighted by Gasteiger charge is 2.31. The standard InChI is InChI=1S/C22H18F3N7O3S/c1-31(15-5-4-10-27-12-15)36(34,35)18-7-3-2-6-17(18)32-20(26)16(13-29-32)21(33)30-19-9-8-14(11-28-19)22(23,24)25/h2-13H,26H2,1H3,(H,28,30,33). The molecular weight excluding hydrogens is 499 g/mol. The molecule has 1 amide bonds. The van der Waals surface area contributed by atoms with E-state index in [0.717, 1.165) is 27.3 Å². The molecule has 0 atom stereocenters. The molecule has 3 N–H and O–H groups in total. The molecule has 0 aliphatic carbocycles. The van der Waals surface area contributed by atoms with Gasteiger partial charge >= 0.3 is 6.18 Å². The Hall–Kier alpha value is -4.46. The number of carbonyl (C=O) groups is 1. The van der Waals surface area contributed by atoms with Crippen LogP contribution in [0.3, 0.4) is 0 Å². The number of nitrogens with two attached hydrogens (primary N) is 1. The predicted octanol–water partition coefficient (Wildman–Crippen LogP) is 3.34. The number of anilines is 3. The van der Waals surface area contributed by atoms with Gasteiger partial charge in [0.1, 0.15) is 22.1 Å². The van der Waals surface area contributed by atoms with Crippen molar-refractivity contribution in [2.75, 3.05) is 22.4 Å². The van der Waals surface area contributed by atoms with E-state index in [1.807, 2.05) is 0 Å². The monoisotopic (exact) mass is 517 g/mol. The van der Waals surface area contributed by atoms with E-state index in [1.165, 1.54) is 37.6 Å². The molecule has 0 bridgehead atoms. The van der Waals surface area contributed by atoms with Gasteiger partial charge in [-0.3, -0.25) is 14.1 Å². The summed E-state index contributed by atoms with van der Waals surface area (Å²) >= 11 is 0. The van der Waals surface area contributed by atoms with Crippen LogP contribution in [-0.4, -0.2) is 41.1 Å². The molecule has 3 aromatic heterocycles. The van der Waals surface area contributed by atoms with Gasteiger partial charge in [0.2, 0.25) is 0 Å². The average Bonchev–Trinajstić information content (AvgIpc) is 3.25. The number of alkyl halides is 3. The van der Waals surface area contributed by atoms with Gasteiger partial charge in [-0.2, -0.15) is 18.3 Å². The van der Waals surface area contributed by atoms with Crippen molar-refractivity contribution in [3.8, 4) is 5.69 Å². The minimum atomic E-state index is -4.57. The Morgan fingerprint density at radius 2 is 1.81 bits per heavy atom. The van der Waals surface area contributed by atoms with Gasteiger partial charge in [-0.15, -0.1) is 0 Å². The quantitative estimate of drug-likeness (QED) is 0.400. The van der Waals surface area contributed by atoms with E-state index in [-0.39, 0.29) is 27.8 Å². The summed E-state index contributed by atoms with van der Waals surface area (Å²) in [5, 5.41) is 6.41. The molecule has 0 spiro atoms. The Labute approximate surface area is 203 Å². The molecule has 0 radical (unpaired) electrons. The lowest BCUT2D eigenvalue weighted by Crippen LogP contribution is -2.28. The summed E-state index contributed by atoms with van der Waals surface area (Å²) < 4.78 is 67.0. The number of nitrogens with one attached hydrogen (secondary N) is 1. The van der Waals surface area contributed by atoms with Gasteiger partial charge < -0.3 is 11.1 Å². The Bertz CT molecular complexity index is 1510. The molecule has 0 unspecified atom stereocenters. The second kappa shape index (κ2) is 9.30. The van der Waals surface area contributed by atoms with Gasteiger partial charge in [-0.25, -0.2) is 18.1 Å². The van der Waals surface area contributed by atoms with E-state index in [9.17, 15) is 26.4 Å². The van der Waals surface area contributed by atoms with Crippen LogP contribution in [0.5, 0.6) is 0 Å². The van der Waals surface area contributed by atoms with Crippen molar-refractivity contribution in [2.24, 2.45) is 0 Å². The predicted molar refractivity (Wildman–Crippen MR) is 125 cm³/mol. The van der Waals surface area contributed by atoms with Crippen molar-refractivity contribution in [1.82, 2.24) is 19.7 Å². The van der Waals surface area contributed by atoms with Gasteiger partial charge in [0.05, 0.1) is 29.3 Å². The summed E-state index contributed by atoms with van der Waals surface area (Å²) in [6, 6.07) is 10.9. The molecule has 4 rings (SSSR count). The van der Waals surface area contributed by atoms with E-state index < -0.39 is 27.7 Å². The number of rotatable bonds is 6. The first-order valence-corrected chi connectivity index (χ1v) is 11.6. The summed E-state index contributed by atoms with van der Waals surface area (Å²) in [6.07, 6.45) is 0.0282. The van der Waals surface area contributed by atoms with Crippen LogP contribution in [0.15, 0.2) is 78.2 Å². The number of aromatic nitrogens is 4. The van der Waals surface area contributed by atoms with E-state index in [2.05, 4.69) is 20.4 Å². The molecule has 4 aromatic rings. The molecule has 1 aromatic carbocycles. The number of hydrogen-bond donors (Lipinski definition) is 2. The zero-order valence-corrected chi connectivity index (χ0v) is 19.3. The van der Waals surface area contributed by atoms with Crippen LogP contribution in [0, 0.1) is 0 Å². The summed E-state index contributed by atoms with van der Waals surface area (Å²) in [6.45, 7) is 0. The molecule has 14 heteroatoms. The van der Waals surface area contributed by atoms with Gasteiger partial charge in [0.15, 0.2) is 0 Å². The number of nitrogen functional groups attached to an aromatic ring is 1. The number of amides is 1. The lowest BCUT2D eigenvalue weighted by atomic mass is 10.2. The number of para-hydroxylation sites is 1. The number of hydrogen-bond acceptors (Lipinski definition) is 7. The third kappa shape index (κ3) is 4.70. The smallest absolute Gasteiger partial charge is 0.383 e. The normalized spacial score (nSPS) is 11.8. The maximum atomic E-state index is 13.4. The van der Waals surface area contributed by atoms with Crippen LogP contribution in [0.4, 0.5) is 30.5 Å². The van der Waals surface area contributed by atoms with Crippen molar-refractivity contribution in [1.29, 1.82) is 0 Å². The second-order valence-corrected chi connectivity index (χ2v) is 9.33. The van der Waals surface area contributed by atoms with Crippen LogP contribution in [0.1, 0.15) is 15.9 Å². The fourth-order valence-corrected chi connectivity index (χ4v) is 4.57. The molecular formula is C22H18F3N7O3S. The first-order chi connectivity index (χ1) is 17.0. The number of nitrogens with zero attached hydrogens (tertiary/aromatic N) is 5. The van der Waals surface area contributed by atoms with E-state index in [1.54, 1.807) is 18.2 Å². The average molecular weight is 517 g/mol. The molecule has 10 nitrogen and oxygen atoms in total. The Morgan fingerprint density at radius 3 is 2.44 bits per heavy atom. The maximum Gasteiger partial charge on any atom is 0.417 e. The first-order valence-electron chi connectivity index (χ1n) is 10.2. The van der Waals surface area contributed by atoms with E-state index in [0.29, 0.717) is 11.9 Å². The third-order valence-corrected chi connectivity index (χ3v) is 6.96. The number of carbonyl (C=O) groups excluding carboxylic acids is 1. The Balaban J connectivity index is 1.64. The zero-order valence-electron chi connectivity index (χ0n) is 18.5. The summed E-state index contributed by atoms with van der Waals surface area (Å²) in [4.78, 5) is 20.1. The number of benzene rings is 1. The fourth-order valence-electron chi connectivity index (χ4n) is 3.22. The third-order valence-electron chi connectivity index (χ3n) is 5.12. The molecule has 0 saturated heterocycles. The van der Waals surface area contributed by atoms with Crippen molar-refractivity contribution < 1.29 is 26.4 Å². The number of pyridine rings is 2. The maximum absolute atomic E-state index is 13.4. The summed E-state index contributed by atoms with van der Waals surface area (Å²) in [5.41, 5.74) is 5.42. The Kier molecular flexibility index (Phi) is 6.37. The second-order valence-electron chi connectivity index (χ2n) is 7.39. The van der Waals surface area contributed by atoms with Gasteiger partial charge in [0, 0.05) is 19.4 Å². The molecule has 0 fully saturated rings. The first kappa shape index (κ1) is 24.7. The molecule has 0 saturated carbocycles. The van der Waals surface area contributed by atoms with Crippen molar-refractivity contribution >= 4 is 33.3 Å². The highest BCUT2D eigenvalue weighted by molar-refractivity contribution is 7.93. The molecule has 186 valence electrons. The highest BCUT2D eigenvalue weighted by Crippen LogP contribution is 2.30. The SMILES string of the molecule is CN(c1cccnc1)S(=O)(=O)c1ccccc1-n1ncc(C(=O)Nc2ccc(C(F)(F)F)cn2)c1N. The summed E-state index contributed by atoms with van der Waals surface area (Å²) in [5.74, 6) is -1.12. The van der Waals surface area contributed by atoms with Gasteiger partial charge in [0.25, 0.3) is 15.9 Å². The van der Waals surface area contributed by atoms with Crippen molar-refractivity contribution in [3.05, 3.63) is 84.4 Å². The lowest BCUT2D eigenvalue weighted by Gasteiger charge is -2.21. The summed E-state index contributed by atoms with van der Waals surface area (Å²) in [7, 11) is -2.72. The highest BCUT2D eigenvalue weighted by atomic mass is 32.2. The lowest BCUT2D eigenvalue weighted by molar-refractivity contribution is -0.137. The molecule has 0 aliphatic heterocycles. The zero-order chi connectivity index (χ0) is 26.1. The van der Waals surface area contributed by atoms with Crippen LogP contribution in [0.25, 0.3) is 5.69 Å². The van der Waals surface area contributed by atoms with Crippen LogP contribution in [0.2, 0.25) is 0 Å². The topological polar surface area (TPSA) is 136 Å². The number of sulfonamides is 1. The Morgan fingerprint density at radius 1 is 1.06 bits per heavy atom. The largest absolute Gasteiger partial charge is 0.417 e. The van der Waals surface area contributed by atoms with E-state index in [4.69, 9.17) is 5.73 Å².